The maximum Gasteiger partial charge on any atom is 0.255 e. The molecule has 1 fully saturated rings. The lowest BCUT2D eigenvalue weighted by atomic mass is 9.98. The molecule has 0 radical (unpaired) electrons. The van der Waals surface area contributed by atoms with Crippen LogP contribution in [0, 0.1) is 5.92 Å². The average molecular weight is 384 g/mol. The van der Waals surface area contributed by atoms with Crippen molar-refractivity contribution in [3.8, 4) is 5.69 Å². The third-order valence-electron chi connectivity index (χ3n) is 4.69. The molecule has 0 spiro atoms. The quantitative estimate of drug-likeness (QED) is 0.710. The van der Waals surface area contributed by atoms with Crippen LogP contribution < -0.4 is 10.6 Å². The van der Waals surface area contributed by atoms with Gasteiger partial charge in [0.15, 0.2) is 0 Å². The molecule has 6 nitrogen and oxygen atoms in total. The highest BCUT2D eigenvalue weighted by molar-refractivity contribution is 6.04. The molecule has 1 saturated heterocycles. The summed E-state index contributed by atoms with van der Waals surface area (Å²) in [7, 11) is 0. The fourth-order valence-corrected chi connectivity index (χ4v) is 3.29. The van der Waals surface area contributed by atoms with E-state index < -0.39 is 0 Å². The number of benzene rings is 2. The van der Waals surface area contributed by atoms with Crippen LogP contribution in [0.25, 0.3) is 5.69 Å². The number of halogens is 1. The van der Waals surface area contributed by atoms with E-state index in [9.17, 15) is 4.79 Å². The van der Waals surface area contributed by atoms with Gasteiger partial charge in [0.05, 0.1) is 5.69 Å². The number of carbonyl (C=O) groups is 1. The van der Waals surface area contributed by atoms with Gasteiger partial charge < -0.3 is 10.6 Å². The summed E-state index contributed by atoms with van der Waals surface area (Å²) in [5.74, 6) is 0.587. The zero-order valence-corrected chi connectivity index (χ0v) is 15.7. The van der Waals surface area contributed by atoms with Crippen molar-refractivity contribution in [2.24, 2.45) is 5.92 Å². The van der Waals surface area contributed by atoms with E-state index in [2.05, 4.69) is 32.8 Å². The second kappa shape index (κ2) is 8.79. The van der Waals surface area contributed by atoms with Gasteiger partial charge in [0.25, 0.3) is 5.91 Å². The van der Waals surface area contributed by atoms with Crippen molar-refractivity contribution in [3.63, 3.8) is 0 Å². The van der Waals surface area contributed by atoms with Crippen LogP contribution in [0.1, 0.15) is 22.3 Å². The molecule has 2 heterocycles. The Kier molecular flexibility index (Phi) is 6.21. The number of nitrogens with zero attached hydrogens (tertiary/aromatic N) is 3. The molecule has 27 heavy (non-hydrogen) atoms. The fraction of sp³-hybridized carbons (Fsp3) is 0.250. The second-order valence-electron chi connectivity index (χ2n) is 6.60. The summed E-state index contributed by atoms with van der Waals surface area (Å²) in [5, 5.41) is 10.4. The van der Waals surface area contributed by atoms with Crippen molar-refractivity contribution in [2.45, 2.75) is 12.8 Å². The van der Waals surface area contributed by atoms with E-state index in [0.717, 1.165) is 30.9 Å². The van der Waals surface area contributed by atoms with Gasteiger partial charge in [-0.3, -0.25) is 4.79 Å². The minimum atomic E-state index is -0.116. The van der Waals surface area contributed by atoms with Gasteiger partial charge in [-0.25, -0.2) is 9.67 Å². The van der Waals surface area contributed by atoms with E-state index in [1.54, 1.807) is 11.0 Å². The Labute approximate surface area is 164 Å². The van der Waals surface area contributed by atoms with Crippen molar-refractivity contribution in [1.29, 1.82) is 0 Å². The molecule has 140 valence electrons. The van der Waals surface area contributed by atoms with Gasteiger partial charge in [-0.15, -0.1) is 12.4 Å². The predicted molar refractivity (Wildman–Crippen MR) is 108 cm³/mol. The second-order valence-corrected chi connectivity index (χ2v) is 6.60. The van der Waals surface area contributed by atoms with Gasteiger partial charge in [0.2, 0.25) is 0 Å². The predicted octanol–water partition coefficient (Wildman–Crippen LogP) is 3.09. The lowest BCUT2D eigenvalue weighted by Gasteiger charge is -2.10. The normalized spacial score (nSPS) is 15.9. The molecule has 4 rings (SSSR count). The molecular weight excluding hydrogens is 362 g/mol. The van der Waals surface area contributed by atoms with Gasteiger partial charge in [-0.1, -0.05) is 18.2 Å². The number of hydrogen-bond acceptors (Lipinski definition) is 4. The van der Waals surface area contributed by atoms with Crippen molar-refractivity contribution in [1.82, 2.24) is 20.1 Å². The van der Waals surface area contributed by atoms with Crippen molar-refractivity contribution in [3.05, 3.63) is 72.3 Å². The Balaban J connectivity index is 0.00000210. The van der Waals surface area contributed by atoms with Crippen LogP contribution in [0.3, 0.4) is 0 Å². The highest BCUT2D eigenvalue weighted by Gasteiger charge is 2.15. The number of nitrogens with one attached hydrogen (secondary N) is 2. The standard InChI is InChI=1S/C20H21N5O.ClH/c26-20(17-6-4-15(5-7-17)10-16-8-9-21-12-16)24-18-2-1-3-19(11-18)25-14-22-13-23-25;/h1-7,11,13-14,16,21H,8-10,12H2,(H,24,26);1H. The van der Waals surface area contributed by atoms with Gasteiger partial charge in [-0.05, 0) is 67.7 Å². The van der Waals surface area contributed by atoms with E-state index in [0.29, 0.717) is 11.5 Å². The van der Waals surface area contributed by atoms with Crippen LogP contribution in [0.5, 0.6) is 0 Å². The molecule has 3 aromatic rings. The van der Waals surface area contributed by atoms with Crippen molar-refractivity contribution >= 4 is 24.0 Å². The maximum absolute atomic E-state index is 12.5. The SMILES string of the molecule is Cl.O=C(Nc1cccc(-n2cncn2)c1)c1ccc(CC2CCNC2)cc1. The minimum absolute atomic E-state index is 0. The van der Waals surface area contributed by atoms with Crippen LogP contribution in [0.2, 0.25) is 0 Å². The monoisotopic (exact) mass is 383 g/mol. The maximum atomic E-state index is 12.5. The molecule has 1 aliphatic heterocycles. The molecule has 2 aromatic carbocycles. The van der Waals surface area contributed by atoms with Gasteiger partial charge >= 0.3 is 0 Å². The Morgan fingerprint density at radius 1 is 1.22 bits per heavy atom. The third kappa shape index (κ3) is 4.72. The van der Waals surface area contributed by atoms with Crippen LogP contribution in [0.15, 0.2) is 61.2 Å². The van der Waals surface area contributed by atoms with Gasteiger partial charge in [0.1, 0.15) is 12.7 Å². The highest BCUT2D eigenvalue weighted by Crippen LogP contribution is 2.17. The van der Waals surface area contributed by atoms with Crippen LogP contribution in [-0.2, 0) is 6.42 Å². The molecule has 2 N–H and O–H groups in total. The van der Waals surface area contributed by atoms with E-state index in [4.69, 9.17) is 0 Å². The third-order valence-corrected chi connectivity index (χ3v) is 4.69. The molecule has 1 aliphatic rings. The van der Waals surface area contributed by atoms with Crippen LogP contribution >= 0.6 is 12.4 Å². The topological polar surface area (TPSA) is 71.8 Å². The summed E-state index contributed by atoms with van der Waals surface area (Å²) in [4.78, 5) is 16.5. The summed E-state index contributed by atoms with van der Waals surface area (Å²) >= 11 is 0. The van der Waals surface area contributed by atoms with Gasteiger partial charge in [0, 0.05) is 11.3 Å². The van der Waals surface area contributed by atoms with E-state index in [1.807, 2.05) is 36.4 Å². The summed E-state index contributed by atoms with van der Waals surface area (Å²) < 4.78 is 1.66. The average Bonchev–Trinajstić information content (AvgIpc) is 3.37. The fourth-order valence-electron chi connectivity index (χ4n) is 3.29. The first-order valence-electron chi connectivity index (χ1n) is 8.84. The molecule has 1 aromatic heterocycles. The van der Waals surface area contributed by atoms with Crippen molar-refractivity contribution < 1.29 is 4.79 Å². The molecule has 1 unspecified atom stereocenters. The number of rotatable bonds is 5. The number of carbonyl (C=O) groups excluding carboxylic acids is 1. The number of anilines is 1. The molecular formula is C20H22ClN5O. The first-order valence-corrected chi connectivity index (χ1v) is 8.84. The van der Waals surface area contributed by atoms with Crippen LogP contribution in [-0.4, -0.2) is 33.8 Å². The van der Waals surface area contributed by atoms with Crippen molar-refractivity contribution in [2.75, 3.05) is 18.4 Å². The zero-order chi connectivity index (χ0) is 17.8. The number of aromatic nitrogens is 3. The lowest BCUT2D eigenvalue weighted by molar-refractivity contribution is 0.102. The molecule has 7 heteroatoms. The molecule has 0 aliphatic carbocycles. The summed E-state index contributed by atoms with van der Waals surface area (Å²) in [5.41, 5.74) is 3.51. The molecule has 0 saturated carbocycles. The molecule has 1 amide bonds. The zero-order valence-electron chi connectivity index (χ0n) is 14.8. The van der Waals surface area contributed by atoms with Crippen LogP contribution in [0.4, 0.5) is 5.69 Å². The van der Waals surface area contributed by atoms with Gasteiger partial charge in [-0.2, -0.15) is 5.10 Å². The summed E-state index contributed by atoms with van der Waals surface area (Å²) in [6.45, 7) is 2.20. The molecule has 1 atom stereocenters. The summed E-state index contributed by atoms with van der Waals surface area (Å²) in [6.07, 6.45) is 5.40. The first kappa shape index (κ1) is 19.1. The van der Waals surface area contributed by atoms with E-state index in [1.165, 1.54) is 18.3 Å². The lowest BCUT2D eigenvalue weighted by Crippen LogP contribution is -2.13. The highest BCUT2D eigenvalue weighted by atomic mass is 35.5. The smallest absolute Gasteiger partial charge is 0.255 e. The Morgan fingerprint density at radius 2 is 2.07 bits per heavy atom. The number of hydrogen-bond donors (Lipinski definition) is 2. The summed E-state index contributed by atoms with van der Waals surface area (Å²) in [6, 6.07) is 15.4. The minimum Gasteiger partial charge on any atom is -0.322 e. The van der Waals surface area contributed by atoms with E-state index in [-0.39, 0.29) is 18.3 Å². The molecule has 0 bridgehead atoms. The Morgan fingerprint density at radius 3 is 2.78 bits per heavy atom. The Hall–Kier alpha value is -2.70. The largest absolute Gasteiger partial charge is 0.322 e. The first-order chi connectivity index (χ1) is 12.8. The van der Waals surface area contributed by atoms with E-state index >= 15 is 0 Å². The Bertz CT molecular complexity index is 874. The number of amides is 1.